The van der Waals surface area contributed by atoms with Crippen molar-refractivity contribution in [1.29, 1.82) is 0 Å². The zero-order chi connectivity index (χ0) is 18.4. The normalized spacial score (nSPS) is 10.2. The van der Waals surface area contributed by atoms with E-state index in [0.29, 0.717) is 26.4 Å². The Bertz CT molecular complexity index is 776. The van der Waals surface area contributed by atoms with Gasteiger partial charge >= 0.3 is 0 Å². The first-order valence-electron chi connectivity index (χ1n) is 7.37. The topological polar surface area (TPSA) is 70.2 Å². The van der Waals surface area contributed by atoms with Crippen LogP contribution in [-0.2, 0) is 9.59 Å². The maximum atomic E-state index is 11.9. The number of benzene rings is 2. The molecule has 0 saturated heterocycles. The molecule has 0 saturated carbocycles. The average molecular weight is 401 g/mol. The van der Waals surface area contributed by atoms with E-state index in [9.17, 15) is 9.59 Å². The summed E-state index contributed by atoms with van der Waals surface area (Å²) in [6.45, 7) is 1.64. The van der Waals surface area contributed by atoms with Gasteiger partial charge in [-0.1, -0.05) is 40.9 Å². The van der Waals surface area contributed by atoms with Crippen LogP contribution in [0, 0.1) is 6.92 Å². The van der Waals surface area contributed by atoms with Gasteiger partial charge in [0.05, 0.1) is 13.1 Å². The van der Waals surface area contributed by atoms with Crippen LogP contribution >= 0.6 is 34.8 Å². The third-order valence-corrected chi connectivity index (χ3v) is 4.15. The molecule has 0 fully saturated rings. The first-order valence-corrected chi connectivity index (χ1v) is 8.50. The number of rotatable bonds is 6. The zero-order valence-electron chi connectivity index (χ0n) is 13.3. The van der Waals surface area contributed by atoms with E-state index in [0.717, 1.165) is 5.56 Å². The molecular formula is C17H16Cl3N3O2. The predicted octanol–water partition coefficient (Wildman–Crippen LogP) is 4.12. The van der Waals surface area contributed by atoms with Crippen molar-refractivity contribution in [2.45, 2.75) is 6.92 Å². The molecule has 0 aliphatic carbocycles. The first kappa shape index (κ1) is 19.4. The Balaban J connectivity index is 1.79. The van der Waals surface area contributed by atoms with Gasteiger partial charge in [0, 0.05) is 26.4 Å². The molecule has 3 N–H and O–H groups in total. The lowest BCUT2D eigenvalue weighted by molar-refractivity contribution is -0.122. The molecule has 0 bridgehead atoms. The van der Waals surface area contributed by atoms with Crippen molar-refractivity contribution in [1.82, 2.24) is 5.32 Å². The molecule has 132 valence electrons. The van der Waals surface area contributed by atoms with E-state index in [1.807, 2.05) is 0 Å². The van der Waals surface area contributed by atoms with Gasteiger partial charge < -0.3 is 16.0 Å². The number of carbonyl (C=O) groups is 2. The van der Waals surface area contributed by atoms with Crippen molar-refractivity contribution in [3.8, 4) is 0 Å². The highest BCUT2D eigenvalue weighted by Gasteiger charge is 2.09. The lowest BCUT2D eigenvalue weighted by Crippen LogP contribution is -2.36. The quantitative estimate of drug-likeness (QED) is 0.683. The summed E-state index contributed by atoms with van der Waals surface area (Å²) in [5.74, 6) is -0.682. The highest BCUT2D eigenvalue weighted by Crippen LogP contribution is 2.23. The second-order valence-corrected chi connectivity index (χ2v) is 6.53. The number of carbonyl (C=O) groups excluding carboxylic acids is 2. The van der Waals surface area contributed by atoms with Crippen LogP contribution in [0.4, 0.5) is 11.4 Å². The Labute approximate surface area is 160 Å². The minimum Gasteiger partial charge on any atom is -0.376 e. The molecule has 0 heterocycles. The first-order chi connectivity index (χ1) is 11.8. The number of hydrogen-bond donors (Lipinski definition) is 3. The summed E-state index contributed by atoms with van der Waals surface area (Å²) >= 11 is 17.8. The van der Waals surface area contributed by atoms with Gasteiger partial charge in [0.25, 0.3) is 0 Å². The maximum Gasteiger partial charge on any atom is 0.243 e. The third-order valence-electron chi connectivity index (χ3n) is 3.30. The van der Waals surface area contributed by atoms with E-state index in [2.05, 4.69) is 16.0 Å². The molecule has 25 heavy (non-hydrogen) atoms. The molecule has 0 aliphatic rings. The fraction of sp³-hybridized carbons (Fsp3) is 0.176. The average Bonchev–Trinajstić information content (AvgIpc) is 2.54. The second-order valence-electron chi connectivity index (χ2n) is 5.25. The van der Waals surface area contributed by atoms with Crippen LogP contribution in [-0.4, -0.2) is 24.9 Å². The Kier molecular flexibility index (Phi) is 6.93. The summed E-state index contributed by atoms with van der Waals surface area (Å²) in [4.78, 5) is 23.7. The van der Waals surface area contributed by atoms with Gasteiger partial charge in [-0.25, -0.2) is 0 Å². The third kappa shape index (κ3) is 6.12. The van der Waals surface area contributed by atoms with Crippen LogP contribution in [0.25, 0.3) is 0 Å². The molecule has 0 unspecified atom stereocenters. The van der Waals surface area contributed by atoms with Gasteiger partial charge in [0.2, 0.25) is 11.8 Å². The molecule has 2 rings (SSSR count). The Morgan fingerprint density at radius 2 is 1.64 bits per heavy atom. The van der Waals surface area contributed by atoms with Gasteiger partial charge in [-0.2, -0.15) is 0 Å². The summed E-state index contributed by atoms with van der Waals surface area (Å²) in [6.07, 6.45) is 0. The highest BCUT2D eigenvalue weighted by molar-refractivity contribution is 6.35. The van der Waals surface area contributed by atoms with Crippen LogP contribution in [0.2, 0.25) is 15.1 Å². The van der Waals surface area contributed by atoms with Gasteiger partial charge in [0.1, 0.15) is 0 Å². The SMILES string of the molecule is Cc1c(Cl)cccc1NC(=O)CNC(=O)CNc1cc(Cl)cc(Cl)c1. The van der Waals surface area contributed by atoms with Crippen molar-refractivity contribution in [2.75, 3.05) is 23.7 Å². The number of hydrogen-bond acceptors (Lipinski definition) is 3. The van der Waals surface area contributed by atoms with Gasteiger partial charge in [-0.15, -0.1) is 0 Å². The fourth-order valence-corrected chi connectivity index (χ4v) is 2.72. The van der Waals surface area contributed by atoms with E-state index in [1.54, 1.807) is 43.3 Å². The van der Waals surface area contributed by atoms with E-state index >= 15 is 0 Å². The summed E-state index contributed by atoms with van der Waals surface area (Å²) in [7, 11) is 0. The van der Waals surface area contributed by atoms with Crippen molar-refractivity contribution >= 4 is 58.0 Å². The standard InChI is InChI=1S/C17H16Cl3N3O2/c1-10-14(20)3-2-4-15(10)23-17(25)9-22-16(24)8-21-13-6-11(18)5-12(19)7-13/h2-7,21H,8-9H2,1H3,(H,22,24)(H,23,25). The molecule has 0 atom stereocenters. The van der Waals surface area contributed by atoms with Crippen LogP contribution in [0.3, 0.4) is 0 Å². The van der Waals surface area contributed by atoms with E-state index in [-0.39, 0.29) is 24.9 Å². The molecule has 0 aromatic heterocycles. The smallest absolute Gasteiger partial charge is 0.243 e. The molecule has 8 heteroatoms. The van der Waals surface area contributed by atoms with E-state index < -0.39 is 0 Å². The monoisotopic (exact) mass is 399 g/mol. The van der Waals surface area contributed by atoms with Crippen LogP contribution < -0.4 is 16.0 Å². The second kappa shape index (κ2) is 8.94. The number of halogens is 3. The molecule has 0 aliphatic heterocycles. The van der Waals surface area contributed by atoms with Crippen molar-refractivity contribution in [3.63, 3.8) is 0 Å². The van der Waals surface area contributed by atoms with Crippen LogP contribution in [0.1, 0.15) is 5.56 Å². The van der Waals surface area contributed by atoms with E-state index in [4.69, 9.17) is 34.8 Å². The lowest BCUT2D eigenvalue weighted by Gasteiger charge is -2.11. The molecule has 2 aromatic rings. The van der Waals surface area contributed by atoms with Crippen molar-refractivity contribution in [3.05, 3.63) is 57.0 Å². The molecule has 2 amide bonds. The van der Waals surface area contributed by atoms with Gasteiger partial charge in [0.15, 0.2) is 0 Å². The van der Waals surface area contributed by atoms with Crippen molar-refractivity contribution < 1.29 is 9.59 Å². The van der Waals surface area contributed by atoms with Crippen molar-refractivity contribution in [2.24, 2.45) is 0 Å². The lowest BCUT2D eigenvalue weighted by atomic mass is 10.2. The Morgan fingerprint density at radius 1 is 0.960 bits per heavy atom. The maximum absolute atomic E-state index is 11.9. The largest absolute Gasteiger partial charge is 0.376 e. The predicted molar refractivity (Wildman–Crippen MR) is 103 cm³/mol. The summed E-state index contributed by atoms with van der Waals surface area (Å²) < 4.78 is 0. The van der Waals surface area contributed by atoms with E-state index in [1.165, 1.54) is 0 Å². The molecule has 0 spiro atoms. The Morgan fingerprint density at radius 3 is 2.32 bits per heavy atom. The number of amides is 2. The minimum atomic E-state index is -0.343. The van der Waals surface area contributed by atoms with Gasteiger partial charge in [-0.05, 0) is 42.8 Å². The summed E-state index contributed by atoms with van der Waals surface area (Å²) in [5, 5.41) is 9.60. The number of nitrogens with one attached hydrogen (secondary N) is 3. The molecule has 5 nitrogen and oxygen atoms in total. The number of anilines is 2. The summed E-state index contributed by atoms with van der Waals surface area (Å²) in [6, 6.07) is 10.1. The molecule has 0 radical (unpaired) electrons. The van der Waals surface area contributed by atoms with Crippen LogP contribution in [0.5, 0.6) is 0 Å². The molecular weight excluding hydrogens is 385 g/mol. The minimum absolute atomic E-state index is 0.0137. The van der Waals surface area contributed by atoms with Gasteiger partial charge in [-0.3, -0.25) is 9.59 Å². The molecule has 2 aromatic carbocycles. The summed E-state index contributed by atoms with van der Waals surface area (Å²) in [5.41, 5.74) is 1.99. The fourth-order valence-electron chi connectivity index (χ4n) is 2.02. The Hall–Kier alpha value is -1.95. The zero-order valence-corrected chi connectivity index (χ0v) is 15.6. The highest BCUT2D eigenvalue weighted by atomic mass is 35.5. The van der Waals surface area contributed by atoms with Crippen LogP contribution in [0.15, 0.2) is 36.4 Å².